The van der Waals surface area contributed by atoms with Crippen molar-refractivity contribution in [2.45, 2.75) is 24.9 Å². The summed E-state index contributed by atoms with van der Waals surface area (Å²) in [5.74, 6) is -5.11. The molecular weight excluding hydrogens is 460 g/mol. The summed E-state index contributed by atoms with van der Waals surface area (Å²) in [7, 11) is 1.38. The largest absolute Gasteiger partial charge is 0.504 e. The van der Waals surface area contributed by atoms with E-state index in [1.807, 2.05) is 0 Å². The summed E-state index contributed by atoms with van der Waals surface area (Å²) in [4.78, 5) is 40.5. The quantitative estimate of drug-likeness (QED) is 0.392. The molecule has 4 rings (SSSR count). The second-order valence-electron chi connectivity index (χ2n) is 9.12. The highest BCUT2D eigenvalue weighted by Gasteiger charge is 2.56. The standard InChI is InChI=1S/C28H28N2O6/c1-28(35)16-21(32)24(26(33)29-18-9-5-3-6-10-18)23(17-13-14-20(31)22(15-17)36-2)25(28)27(34)30-19-11-7-4-8-12-19/h3-15,23-25,31,35H,16H2,1-2H3,(H,29,33)(H,30,34)/t23-,24+,25-,28+/m0/s1. The van der Waals surface area contributed by atoms with Crippen molar-refractivity contribution < 1.29 is 29.3 Å². The molecule has 0 unspecified atom stereocenters. The van der Waals surface area contributed by atoms with Crippen LogP contribution in [-0.2, 0) is 14.4 Å². The monoisotopic (exact) mass is 488 g/mol. The predicted octanol–water partition coefficient (Wildman–Crippen LogP) is 3.72. The number of phenols is 1. The average molecular weight is 489 g/mol. The molecule has 4 N–H and O–H groups in total. The van der Waals surface area contributed by atoms with Crippen LogP contribution in [0.1, 0.15) is 24.8 Å². The van der Waals surface area contributed by atoms with Crippen LogP contribution < -0.4 is 15.4 Å². The van der Waals surface area contributed by atoms with E-state index in [-0.39, 0.29) is 17.9 Å². The summed E-state index contributed by atoms with van der Waals surface area (Å²) in [6.07, 6.45) is -0.377. The maximum atomic E-state index is 13.6. The highest BCUT2D eigenvalue weighted by atomic mass is 16.5. The van der Waals surface area contributed by atoms with E-state index in [1.54, 1.807) is 60.7 Å². The lowest BCUT2D eigenvalue weighted by Crippen LogP contribution is -2.56. The average Bonchev–Trinajstić information content (AvgIpc) is 2.84. The van der Waals surface area contributed by atoms with Gasteiger partial charge in [0.15, 0.2) is 11.5 Å². The molecular formula is C28H28N2O6. The molecule has 36 heavy (non-hydrogen) atoms. The number of carbonyl (C=O) groups is 3. The molecule has 0 aromatic heterocycles. The Bertz CT molecular complexity index is 1260. The third-order valence-corrected chi connectivity index (χ3v) is 6.50. The van der Waals surface area contributed by atoms with Gasteiger partial charge in [-0.3, -0.25) is 14.4 Å². The zero-order chi connectivity index (χ0) is 25.9. The van der Waals surface area contributed by atoms with Gasteiger partial charge in [0.2, 0.25) is 11.8 Å². The minimum Gasteiger partial charge on any atom is -0.504 e. The number of Topliss-reactive ketones (excluding diaryl/α,β-unsaturated/α-hetero) is 1. The molecule has 186 valence electrons. The van der Waals surface area contributed by atoms with Gasteiger partial charge in [-0.05, 0) is 48.9 Å². The van der Waals surface area contributed by atoms with Gasteiger partial charge in [0.25, 0.3) is 0 Å². The maximum absolute atomic E-state index is 13.6. The Morgan fingerprint density at radius 2 is 1.47 bits per heavy atom. The van der Waals surface area contributed by atoms with Crippen molar-refractivity contribution in [1.82, 2.24) is 0 Å². The Morgan fingerprint density at radius 3 is 2.03 bits per heavy atom. The zero-order valence-corrected chi connectivity index (χ0v) is 20.0. The molecule has 1 saturated carbocycles. The number of para-hydroxylation sites is 2. The molecule has 1 aliphatic carbocycles. The normalized spacial score (nSPS) is 23.5. The van der Waals surface area contributed by atoms with Gasteiger partial charge in [-0.2, -0.15) is 0 Å². The number of ketones is 1. The lowest BCUT2D eigenvalue weighted by Gasteiger charge is -2.44. The highest BCUT2D eigenvalue weighted by Crippen LogP contribution is 2.47. The Labute approximate surface area is 208 Å². The van der Waals surface area contributed by atoms with Crippen molar-refractivity contribution >= 4 is 29.0 Å². The van der Waals surface area contributed by atoms with E-state index in [0.29, 0.717) is 16.9 Å². The number of rotatable bonds is 6. The number of carbonyl (C=O) groups excluding carboxylic acids is 3. The van der Waals surface area contributed by atoms with Gasteiger partial charge in [0, 0.05) is 23.7 Å². The van der Waals surface area contributed by atoms with Crippen molar-refractivity contribution in [3.63, 3.8) is 0 Å². The smallest absolute Gasteiger partial charge is 0.235 e. The van der Waals surface area contributed by atoms with Crippen LogP contribution in [0.5, 0.6) is 11.5 Å². The highest BCUT2D eigenvalue weighted by molar-refractivity contribution is 6.10. The van der Waals surface area contributed by atoms with E-state index in [0.717, 1.165) is 0 Å². The van der Waals surface area contributed by atoms with E-state index in [9.17, 15) is 24.6 Å². The van der Waals surface area contributed by atoms with E-state index >= 15 is 0 Å². The van der Waals surface area contributed by atoms with Gasteiger partial charge in [-0.1, -0.05) is 42.5 Å². The number of hydrogen-bond donors (Lipinski definition) is 4. The molecule has 0 saturated heterocycles. The fraction of sp³-hybridized carbons (Fsp3) is 0.250. The number of benzene rings is 3. The predicted molar refractivity (Wildman–Crippen MR) is 135 cm³/mol. The lowest BCUT2D eigenvalue weighted by atomic mass is 9.61. The summed E-state index contributed by atoms with van der Waals surface area (Å²) in [6, 6.07) is 21.8. The molecule has 0 spiro atoms. The second-order valence-corrected chi connectivity index (χ2v) is 9.12. The molecule has 0 bridgehead atoms. The zero-order valence-electron chi connectivity index (χ0n) is 20.0. The summed E-state index contributed by atoms with van der Waals surface area (Å²) >= 11 is 0. The van der Waals surface area contributed by atoms with Crippen LogP contribution >= 0.6 is 0 Å². The van der Waals surface area contributed by atoms with Crippen LogP contribution in [0.2, 0.25) is 0 Å². The summed E-state index contributed by atoms with van der Waals surface area (Å²) in [5.41, 5.74) is -0.322. The first-order chi connectivity index (χ1) is 17.2. The fourth-order valence-corrected chi connectivity index (χ4v) is 4.88. The number of hydrogen-bond acceptors (Lipinski definition) is 6. The molecule has 0 aliphatic heterocycles. The minimum atomic E-state index is -1.74. The molecule has 3 aromatic carbocycles. The third-order valence-electron chi connectivity index (χ3n) is 6.50. The number of phenolic OH excluding ortho intramolecular Hbond substituents is 1. The van der Waals surface area contributed by atoms with Crippen molar-refractivity contribution in [3.8, 4) is 11.5 Å². The molecule has 0 radical (unpaired) electrons. The van der Waals surface area contributed by atoms with E-state index in [1.165, 1.54) is 32.2 Å². The number of amides is 2. The Kier molecular flexibility index (Phi) is 7.07. The fourth-order valence-electron chi connectivity index (χ4n) is 4.88. The first-order valence-corrected chi connectivity index (χ1v) is 11.5. The number of aromatic hydroxyl groups is 1. The van der Waals surface area contributed by atoms with E-state index in [4.69, 9.17) is 4.74 Å². The number of ether oxygens (including phenoxy) is 1. The molecule has 8 heteroatoms. The van der Waals surface area contributed by atoms with Crippen molar-refractivity contribution in [2.75, 3.05) is 17.7 Å². The van der Waals surface area contributed by atoms with Crippen LogP contribution in [0.25, 0.3) is 0 Å². The van der Waals surface area contributed by atoms with E-state index in [2.05, 4.69) is 10.6 Å². The molecule has 8 nitrogen and oxygen atoms in total. The molecule has 1 aliphatic rings. The topological polar surface area (TPSA) is 125 Å². The first-order valence-electron chi connectivity index (χ1n) is 11.5. The molecule has 0 heterocycles. The number of anilines is 2. The lowest BCUT2D eigenvalue weighted by molar-refractivity contribution is -0.150. The number of methoxy groups -OCH3 is 1. The Balaban J connectivity index is 1.81. The SMILES string of the molecule is COc1cc([C@H]2[C@H](C(=O)Nc3ccccc3)C(=O)C[C@@](C)(O)[C@@H]2C(=O)Nc2ccccc2)ccc1O. The second kappa shape index (κ2) is 10.2. The third kappa shape index (κ3) is 5.08. The van der Waals surface area contributed by atoms with E-state index < -0.39 is 41.0 Å². The van der Waals surface area contributed by atoms with Crippen molar-refractivity contribution in [1.29, 1.82) is 0 Å². The summed E-state index contributed by atoms with van der Waals surface area (Å²) in [6.45, 7) is 1.43. The van der Waals surface area contributed by atoms with Crippen molar-refractivity contribution in [2.24, 2.45) is 11.8 Å². The first kappa shape index (κ1) is 24.9. The molecule has 2 amide bonds. The van der Waals surface area contributed by atoms with Crippen molar-refractivity contribution in [3.05, 3.63) is 84.4 Å². The van der Waals surface area contributed by atoms with Crippen LogP contribution in [0.15, 0.2) is 78.9 Å². The summed E-state index contributed by atoms with van der Waals surface area (Å²) in [5, 5.41) is 27.1. The molecule has 1 fully saturated rings. The van der Waals surface area contributed by atoms with Gasteiger partial charge < -0.3 is 25.6 Å². The number of aliphatic hydroxyl groups is 1. The maximum Gasteiger partial charge on any atom is 0.235 e. The van der Waals surface area contributed by atoms with Gasteiger partial charge in [0.05, 0.1) is 18.6 Å². The molecule has 3 aromatic rings. The molecule has 4 atom stereocenters. The Hall–Kier alpha value is -4.17. The Morgan fingerprint density at radius 1 is 0.917 bits per heavy atom. The summed E-state index contributed by atoms with van der Waals surface area (Å²) < 4.78 is 5.24. The van der Waals surface area contributed by atoms with Gasteiger partial charge in [-0.15, -0.1) is 0 Å². The van der Waals surface area contributed by atoms with Crippen LogP contribution in [-0.4, -0.2) is 40.5 Å². The van der Waals surface area contributed by atoms with Crippen LogP contribution in [0, 0.1) is 11.8 Å². The van der Waals surface area contributed by atoms with Gasteiger partial charge in [-0.25, -0.2) is 0 Å². The van der Waals surface area contributed by atoms with Gasteiger partial charge in [0.1, 0.15) is 11.7 Å². The van der Waals surface area contributed by atoms with Crippen LogP contribution in [0.3, 0.4) is 0 Å². The minimum absolute atomic E-state index is 0.120. The van der Waals surface area contributed by atoms with Gasteiger partial charge >= 0.3 is 0 Å². The number of nitrogens with one attached hydrogen (secondary N) is 2. The van der Waals surface area contributed by atoms with Crippen LogP contribution in [0.4, 0.5) is 11.4 Å².